The lowest BCUT2D eigenvalue weighted by Gasteiger charge is -2.39. The highest BCUT2D eigenvalue weighted by atomic mass is 16.3. The Labute approximate surface area is 115 Å². The van der Waals surface area contributed by atoms with Crippen molar-refractivity contribution in [2.75, 3.05) is 19.7 Å². The Hall–Kier alpha value is -0.910. The van der Waals surface area contributed by atoms with E-state index in [1.807, 2.05) is 17.1 Å². The van der Waals surface area contributed by atoms with E-state index in [0.29, 0.717) is 18.6 Å². The lowest BCUT2D eigenvalue weighted by atomic mass is 10.0. The third-order valence-corrected chi connectivity index (χ3v) is 3.98. The smallest absolute Gasteiger partial charge is 0.0640 e. The second-order valence-electron chi connectivity index (χ2n) is 5.34. The predicted octanol–water partition coefficient (Wildman–Crippen LogP) is 0.838. The van der Waals surface area contributed by atoms with Gasteiger partial charge in [-0.15, -0.1) is 0 Å². The number of hydrogen-bond donors (Lipinski definition) is 2. The molecule has 0 saturated carbocycles. The molecule has 2 N–H and O–H groups in total. The maximum Gasteiger partial charge on any atom is 0.0640 e. The topological polar surface area (TPSA) is 53.3 Å². The first kappa shape index (κ1) is 14.5. The first-order valence-electron chi connectivity index (χ1n) is 7.36. The van der Waals surface area contributed by atoms with Crippen LogP contribution in [-0.2, 0) is 13.1 Å². The van der Waals surface area contributed by atoms with E-state index in [-0.39, 0.29) is 6.61 Å². The van der Waals surface area contributed by atoms with Crippen LogP contribution in [0.2, 0.25) is 0 Å². The van der Waals surface area contributed by atoms with Crippen molar-refractivity contribution in [3.8, 4) is 0 Å². The molecule has 2 unspecified atom stereocenters. The van der Waals surface area contributed by atoms with Crippen LogP contribution in [0.1, 0.15) is 32.3 Å². The summed E-state index contributed by atoms with van der Waals surface area (Å²) in [5, 5.41) is 16.8. The maximum absolute atomic E-state index is 8.92. The zero-order chi connectivity index (χ0) is 13.7. The number of nitrogens with one attached hydrogen (secondary N) is 1. The molecule has 2 rings (SSSR count). The van der Waals surface area contributed by atoms with Crippen molar-refractivity contribution in [2.24, 2.45) is 0 Å². The molecule has 0 bridgehead atoms. The fraction of sp³-hybridized carbons (Fsp3) is 0.786. The first-order chi connectivity index (χ1) is 9.26. The molecule has 1 aliphatic heterocycles. The molecular formula is C14H26N4O. The molecule has 19 heavy (non-hydrogen) atoms. The highest BCUT2D eigenvalue weighted by Gasteiger charge is 2.25. The highest BCUT2D eigenvalue weighted by molar-refractivity contribution is 5.05. The average molecular weight is 266 g/mol. The first-order valence-corrected chi connectivity index (χ1v) is 7.36. The normalized spacial score (nSPS) is 24.8. The largest absolute Gasteiger partial charge is 0.394 e. The van der Waals surface area contributed by atoms with Gasteiger partial charge in [-0.05, 0) is 12.8 Å². The van der Waals surface area contributed by atoms with Crippen LogP contribution < -0.4 is 5.32 Å². The van der Waals surface area contributed by atoms with E-state index < -0.39 is 0 Å². The number of aliphatic hydroxyl groups excluding tert-OH is 1. The molecule has 0 amide bonds. The van der Waals surface area contributed by atoms with Crippen molar-refractivity contribution in [3.05, 3.63) is 18.0 Å². The van der Waals surface area contributed by atoms with E-state index in [1.165, 1.54) is 18.4 Å². The van der Waals surface area contributed by atoms with Crippen LogP contribution in [0.5, 0.6) is 0 Å². The molecule has 1 fully saturated rings. The second kappa shape index (κ2) is 7.03. The van der Waals surface area contributed by atoms with Gasteiger partial charge in [-0.2, -0.15) is 5.10 Å². The number of nitrogens with zero attached hydrogens (tertiary/aromatic N) is 3. The van der Waals surface area contributed by atoms with Gasteiger partial charge < -0.3 is 10.4 Å². The molecule has 0 aromatic carbocycles. The predicted molar refractivity (Wildman–Crippen MR) is 75.9 cm³/mol. The Kier molecular flexibility index (Phi) is 5.36. The van der Waals surface area contributed by atoms with Gasteiger partial charge in [0.05, 0.1) is 19.3 Å². The minimum Gasteiger partial charge on any atom is -0.394 e. The van der Waals surface area contributed by atoms with Crippen LogP contribution >= 0.6 is 0 Å². The summed E-state index contributed by atoms with van der Waals surface area (Å²) in [6.07, 6.45) is 6.32. The van der Waals surface area contributed by atoms with Gasteiger partial charge >= 0.3 is 0 Å². The minimum absolute atomic E-state index is 0.143. The van der Waals surface area contributed by atoms with Gasteiger partial charge in [0, 0.05) is 43.5 Å². The van der Waals surface area contributed by atoms with Crippen molar-refractivity contribution in [3.63, 3.8) is 0 Å². The molecule has 1 aromatic rings. The fourth-order valence-corrected chi connectivity index (χ4v) is 2.75. The summed E-state index contributed by atoms with van der Waals surface area (Å²) in [4.78, 5) is 2.56. The Morgan fingerprint density at radius 1 is 1.42 bits per heavy atom. The molecule has 1 saturated heterocycles. The Bertz CT molecular complexity index is 379. The van der Waals surface area contributed by atoms with E-state index in [2.05, 4.69) is 29.2 Å². The molecule has 5 heteroatoms. The zero-order valence-electron chi connectivity index (χ0n) is 12.0. The lowest BCUT2D eigenvalue weighted by molar-refractivity contribution is 0.117. The molecule has 1 aromatic heterocycles. The van der Waals surface area contributed by atoms with Crippen LogP contribution in [0.4, 0.5) is 0 Å². The van der Waals surface area contributed by atoms with E-state index >= 15 is 0 Å². The van der Waals surface area contributed by atoms with Crippen molar-refractivity contribution in [1.82, 2.24) is 20.0 Å². The van der Waals surface area contributed by atoms with Crippen molar-refractivity contribution in [2.45, 2.75) is 51.9 Å². The summed E-state index contributed by atoms with van der Waals surface area (Å²) >= 11 is 0. The number of hydrogen-bond acceptors (Lipinski definition) is 4. The highest BCUT2D eigenvalue weighted by Crippen LogP contribution is 2.15. The fourth-order valence-electron chi connectivity index (χ4n) is 2.75. The molecule has 0 radical (unpaired) electrons. The van der Waals surface area contributed by atoms with Gasteiger partial charge in [0.1, 0.15) is 0 Å². The summed E-state index contributed by atoms with van der Waals surface area (Å²) in [5.41, 5.74) is 1.24. The van der Waals surface area contributed by atoms with Crippen LogP contribution in [0.15, 0.2) is 12.4 Å². The summed E-state index contributed by atoms with van der Waals surface area (Å²) < 4.78 is 1.82. The van der Waals surface area contributed by atoms with E-state index in [1.54, 1.807) is 0 Å². The van der Waals surface area contributed by atoms with Crippen molar-refractivity contribution < 1.29 is 5.11 Å². The Morgan fingerprint density at radius 3 is 2.95 bits per heavy atom. The quantitative estimate of drug-likeness (QED) is 0.801. The summed E-state index contributed by atoms with van der Waals surface area (Å²) in [7, 11) is 0. The molecule has 5 nitrogen and oxygen atoms in total. The third kappa shape index (κ3) is 3.78. The van der Waals surface area contributed by atoms with Gasteiger partial charge in [-0.3, -0.25) is 9.58 Å². The van der Waals surface area contributed by atoms with Crippen LogP contribution in [0.25, 0.3) is 0 Å². The van der Waals surface area contributed by atoms with E-state index in [0.717, 1.165) is 19.6 Å². The van der Waals surface area contributed by atoms with Gasteiger partial charge in [0.2, 0.25) is 0 Å². The van der Waals surface area contributed by atoms with E-state index in [4.69, 9.17) is 5.11 Å². The summed E-state index contributed by atoms with van der Waals surface area (Å²) in [6, 6.07) is 1.22. The molecule has 0 aliphatic carbocycles. The molecule has 1 aliphatic rings. The number of piperazine rings is 1. The molecular weight excluding hydrogens is 240 g/mol. The van der Waals surface area contributed by atoms with Crippen molar-refractivity contribution in [1.29, 1.82) is 0 Å². The average Bonchev–Trinajstić information content (AvgIpc) is 2.86. The van der Waals surface area contributed by atoms with E-state index in [9.17, 15) is 0 Å². The molecule has 2 atom stereocenters. The second-order valence-corrected chi connectivity index (χ2v) is 5.34. The monoisotopic (exact) mass is 266 g/mol. The molecule has 0 spiro atoms. The molecule has 108 valence electrons. The van der Waals surface area contributed by atoms with Crippen LogP contribution in [0, 0.1) is 0 Å². The Balaban J connectivity index is 1.97. The van der Waals surface area contributed by atoms with Crippen LogP contribution in [0.3, 0.4) is 0 Å². The minimum atomic E-state index is 0.143. The summed E-state index contributed by atoms with van der Waals surface area (Å²) in [6.45, 7) is 8.37. The Morgan fingerprint density at radius 2 is 2.26 bits per heavy atom. The standard InChI is InChI=1S/C14H26N4O/c1-3-13-11-17(14(4-2)8-15-13)9-12-7-16-18(10-12)5-6-19/h7,10,13-15,19H,3-6,8-9,11H2,1-2H3. The van der Waals surface area contributed by atoms with Crippen LogP contribution in [-0.4, -0.2) is 51.6 Å². The number of aromatic nitrogens is 2. The number of rotatable bonds is 6. The summed E-state index contributed by atoms with van der Waals surface area (Å²) in [5.74, 6) is 0. The SMILES string of the molecule is CCC1CN(Cc2cnn(CCO)c2)C(CC)CN1. The molecule has 2 heterocycles. The van der Waals surface area contributed by atoms with Gasteiger partial charge in [-0.25, -0.2) is 0 Å². The van der Waals surface area contributed by atoms with Gasteiger partial charge in [0.25, 0.3) is 0 Å². The maximum atomic E-state index is 8.92. The zero-order valence-corrected chi connectivity index (χ0v) is 12.0. The van der Waals surface area contributed by atoms with Crippen molar-refractivity contribution >= 4 is 0 Å². The van der Waals surface area contributed by atoms with Gasteiger partial charge in [-0.1, -0.05) is 13.8 Å². The lowest BCUT2D eigenvalue weighted by Crippen LogP contribution is -2.55. The number of aliphatic hydroxyl groups is 1. The third-order valence-electron chi connectivity index (χ3n) is 3.98. The van der Waals surface area contributed by atoms with Gasteiger partial charge in [0.15, 0.2) is 0 Å².